The number of carbonyl (C=O) groups is 1. The van der Waals surface area contributed by atoms with E-state index in [0.717, 1.165) is 5.56 Å². The maximum Gasteiger partial charge on any atom is 0.339 e. The van der Waals surface area contributed by atoms with Crippen LogP contribution in [0.2, 0.25) is 0 Å². The fraction of sp³-hybridized carbons (Fsp3) is 0.0833. The third kappa shape index (κ3) is 2.81. The van der Waals surface area contributed by atoms with Gasteiger partial charge in [0.1, 0.15) is 11.3 Å². The number of thiophene rings is 1. The molecular weight excluding hydrogens is 274 g/mol. The molecule has 2 rings (SSSR count). The second-order valence-electron chi connectivity index (χ2n) is 3.62. The van der Waals surface area contributed by atoms with E-state index in [1.54, 1.807) is 6.07 Å². The highest BCUT2D eigenvalue weighted by Gasteiger charge is 2.15. The van der Waals surface area contributed by atoms with Crippen LogP contribution < -0.4 is 5.73 Å². The summed E-state index contributed by atoms with van der Waals surface area (Å²) in [5.41, 5.74) is 7.47. The Morgan fingerprint density at radius 3 is 2.56 bits per heavy atom. The van der Waals surface area contributed by atoms with Gasteiger partial charge in [-0.2, -0.15) is 11.3 Å². The molecule has 0 spiro atoms. The topological polar surface area (TPSA) is 83.5 Å². The van der Waals surface area contributed by atoms with Gasteiger partial charge in [0.2, 0.25) is 0 Å². The number of hydrogen-bond acceptors (Lipinski definition) is 4. The van der Waals surface area contributed by atoms with Crippen LogP contribution in [-0.2, 0) is 0 Å². The van der Waals surface area contributed by atoms with E-state index in [9.17, 15) is 9.90 Å². The molecule has 1 heterocycles. The highest BCUT2D eigenvalue weighted by Crippen LogP contribution is 2.26. The third-order valence-corrected chi connectivity index (χ3v) is 3.21. The van der Waals surface area contributed by atoms with Gasteiger partial charge in [0, 0.05) is 0 Å². The molecule has 0 saturated carbocycles. The van der Waals surface area contributed by atoms with E-state index in [0.29, 0.717) is 5.56 Å². The zero-order chi connectivity index (χ0) is 12.4. The Morgan fingerprint density at radius 2 is 2.00 bits per heavy atom. The van der Waals surface area contributed by atoms with Crippen molar-refractivity contribution in [3.8, 4) is 5.75 Å². The summed E-state index contributed by atoms with van der Waals surface area (Å²) in [6, 6.07) is 5.90. The molecule has 0 fully saturated rings. The summed E-state index contributed by atoms with van der Waals surface area (Å²) < 4.78 is 0. The SMILES string of the molecule is Cl.N[C@@H](c1ccsc1)c1ccc(O)c(C(=O)O)c1. The van der Waals surface area contributed by atoms with Crippen LogP contribution in [0, 0.1) is 0 Å². The molecule has 2 aromatic rings. The number of rotatable bonds is 3. The minimum Gasteiger partial charge on any atom is -0.507 e. The number of halogens is 1. The maximum atomic E-state index is 10.9. The van der Waals surface area contributed by atoms with Gasteiger partial charge in [-0.3, -0.25) is 0 Å². The number of hydrogen-bond donors (Lipinski definition) is 3. The summed E-state index contributed by atoms with van der Waals surface area (Å²) in [6.07, 6.45) is 0. The number of benzene rings is 1. The lowest BCUT2D eigenvalue weighted by molar-refractivity contribution is 0.0693. The second kappa shape index (κ2) is 5.86. The quantitative estimate of drug-likeness (QED) is 0.809. The standard InChI is InChI=1S/C12H11NO3S.ClH/c13-11(8-3-4-17-6-8)7-1-2-10(14)9(5-7)12(15)16;/h1-6,11,14H,13H2,(H,15,16);1H/t11-;/m1./s1. The molecule has 0 aliphatic carbocycles. The van der Waals surface area contributed by atoms with Crippen LogP contribution in [0.15, 0.2) is 35.0 Å². The summed E-state index contributed by atoms with van der Waals surface area (Å²) in [6.45, 7) is 0. The molecule has 0 aliphatic heterocycles. The average molecular weight is 286 g/mol. The van der Waals surface area contributed by atoms with E-state index in [1.165, 1.54) is 23.5 Å². The molecule has 0 bridgehead atoms. The van der Waals surface area contributed by atoms with Gasteiger partial charge in [0.25, 0.3) is 0 Å². The minimum absolute atomic E-state index is 0. The minimum atomic E-state index is -1.16. The molecule has 0 radical (unpaired) electrons. The van der Waals surface area contributed by atoms with Gasteiger partial charge in [0.05, 0.1) is 6.04 Å². The van der Waals surface area contributed by atoms with Gasteiger partial charge in [-0.25, -0.2) is 4.79 Å². The number of aromatic carboxylic acids is 1. The summed E-state index contributed by atoms with van der Waals surface area (Å²) in [5, 5.41) is 22.1. The van der Waals surface area contributed by atoms with Gasteiger partial charge < -0.3 is 15.9 Å². The van der Waals surface area contributed by atoms with E-state index in [4.69, 9.17) is 10.8 Å². The molecule has 4 nitrogen and oxygen atoms in total. The van der Waals surface area contributed by atoms with Crippen LogP contribution in [0.25, 0.3) is 0 Å². The van der Waals surface area contributed by atoms with Crippen molar-refractivity contribution in [1.82, 2.24) is 0 Å². The fourth-order valence-electron chi connectivity index (χ4n) is 1.56. The summed E-state index contributed by atoms with van der Waals surface area (Å²) in [7, 11) is 0. The number of carboxylic acid groups (broad SMARTS) is 1. The monoisotopic (exact) mass is 285 g/mol. The van der Waals surface area contributed by atoms with Crippen LogP contribution >= 0.6 is 23.7 Å². The van der Waals surface area contributed by atoms with Crippen LogP contribution in [0.3, 0.4) is 0 Å². The average Bonchev–Trinajstić information content (AvgIpc) is 2.81. The normalized spacial score (nSPS) is 11.6. The molecule has 0 saturated heterocycles. The van der Waals surface area contributed by atoms with Crippen molar-refractivity contribution in [2.24, 2.45) is 5.73 Å². The molecule has 1 aromatic heterocycles. The lowest BCUT2D eigenvalue weighted by Gasteiger charge is -2.11. The lowest BCUT2D eigenvalue weighted by Crippen LogP contribution is -2.11. The molecule has 0 unspecified atom stereocenters. The van der Waals surface area contributed by atoms with E-state index in [2.05, 4.69) is 0 Å². The molecule has 0 aliphatic rings. The fourth-order valence-corrected chi connectivity index (χ4v) is 2.26. The molecule has 0 amide bonds. The van der Waals surface area contributed by atoms with Crippen LogP contribution in [0.5, 0.6) is 5.75 Å². The Morgan fingerprint density at radius 1 is 1.28 bits per heavy atom. The highest BCUT2D eigenvalue weighted by molar-refractivity contribution is 7.08. The Balaban J connectivity index is 0.00000162. The van der Waals surface area contributed by atoms with Crippen molar-refractivity contribution in [3.63, 3.8) is 0 Å². The summed E-state index contributed by atoms with van der Waals surface area (Å²) in [5.74, 6) is -1.42. The Labute approximate surface area is 114 Å². The predicted octanol–water partition coefficient (Wildman–Crippen LogP) is 2.62. The number of phenols is 1. The Kier molecular flexibility index (Phi) is 4.72. The molecule has 4 N–H and O–H groups in total. The van der Waals surface area contributed by atoms with Crippen molar-refractivity contribution in [3.05, 3.63) is 51.7 Å². The van der Waals surface area contributed by atoms with Gasteiger partial charge in [-0.05, 0) is 40.1 Å². The predicted molar refractivity (Wildman–Crippen MR) is 72.7 cm³/mol. The highest BCUT2D eigenvalue weighted by atomic mass is 35.5. The van der Waals surface area contributed by atoms with Crippen molar-refractivity contribution in [1.29, 1.82) is 0 Å². The second-order valence-corrected chi connectivity index (χ2v) is 4.40. The van der Waals surface area contributed by atoms with E-state index < -0.39 is 5.97 Å². The number of carboxylic acids is 1. The molecule has 18 heavy (non-hydrogen) atoms. The largest absolute Gasteiger partial charge is 0.507 e. The first-order valence-corrected chi connectivity index (χ1v) is 5.87. The van der Waals surface area contributed by atoms with Gasteiger partial charge in [0.15, 0.2) is 0 Å². The molecule has 6 heteroatoms. The molecular formula is C12H12ClNO3S. The van der Waals surface area contributed by atoms with Crippen molar-refractivity contribution < 1.29 is 15.0 Å². The van der Waals surface area contributed by atoms with Crippen molar-refractivity contribution >= 4 is 29.7 Å². The zero-order valence-electron chi connectivity index (χ0n) is 9.24. The van der Waals surface area contributed by atoms with Gasteiger partial charge in [-0.1, -0.05) is 6.07 Å². The van der Waals surface area contributed by atoms with Crippen molar-refractivity contribution in [2.45, 2.75) is 6.04 Å². The maximum absolute atomic E-state index is 10.9. The zero-order valence-corrected chi connectivity index (χ0v) is 10.9. The van der Waals surface area contributed by atoms with E-state index in [1.807, 2.05) is 16.8 Å². The molecule has 96 valence electrons. The van der Waals surface area contributed by atoms with Gasteiger partial charge >= 0.3 is 5.97 Å². The number of aromatic hydroxyl groups is 1. The smallest absolute Gasteiger partial charge is 0.339 e. The summed E-state index contributed by atoms with van der Waals surface area (Å²) >= 11 is 1.53. The summed E-state index contributed by atoms with van der Waals surface area (Å²) in [4.78, 5) is 10.9. The molecule has 1 atom stereocenters. The van der Waals surface area contributed by atoms with E-state index in [-0.39, 0.29) is 29.8 Å². The first-order chi connectivity index (χ1) is 8.09. The first-order valence-electron chi connectivity index (χ1n) is 4.93. The Bertz CT molecular complexity index is 542. The number of nitrogens with two attached hydrogens (primary N) is 1. The van der Waals surface area contributed by atoms with E-state index >= 15 is 0 Å². The van der Waals surface area contributed by atoms with Gasteiger partial charge in [-0.15, -0.1) is 12.4 Å². The third-order valence-electron chi connectivity index (χ3n) is 2.51. The van der Waals surface area contributed by atoms with Crippen LogP contribution in [0.4, 0.5) is 0 Å². The molecule has 1 aromatic carbocycles. The lowest BCUT2D eigenvalue weighted by atomic mass is 10.00. The first kappa shape index (κ1) is 14.5. The van der Waals surface area contributed by atoms with Crippen LogP contribution in [0.1, 0.15) is 27.5 Å². The Hall–Kier alpha value is -1.56. The van der Waals surface area contributed by atoms with Crippen molar-refractivity contribution in [2.75, 3.05) is 0 Å². The van der Waals surface area contributed by atoms with Crippen LogP contribution in [-0.4, -0.2) is 16.2 Å².